The molecule has 0 atom stereocenters. The molecular formula is C27H56N2O2. The van der Waals surface area contributed by atoms with E-state index >= 15 is 0 Å². The van der Waals surface area contributed by atoms with E-state index in [9.17, 15) is 4.79 Å². The number of nitrogens with two attached hydrogens (primary N) is 1. The molecule has 0 aromatic carbocycles. The maximum Gasteiger partial charge on any atom is 0.325 e. The number of hydrogen-bond acceptors (Lipinski definition) is 4. The van der Waals surface area contributed by atoms with E-state index in [1.807, 2.05) is 0 Å². The molecule has 0 heterocycles. The first-order chi connectivity index (χ1) is 15.2. The molecular weight excluding hydrogens is 384 g/mol. The van der Waals surface area contributed by atoms with E-state index in [1.165, 1.54) is 109 Å². The first kappa shape index (κ1) is 30.4. The van der Waals surface area contributed by atoms with Crippen molar-refractivity contribution in [3.05, 3.63) is 0 Å². The summed E-state index contributed by atoms with van der Waals surface area (Å²) in [5.41, 5.74) is 5.55. The SMILES string of the molecule is CCCCCCCCCCCCCCCCCCCCCC(=O)ON(CCC)CCN. The van der Waals surface area contributed by atoms with Crippen LogP contribution in [0.4, 0.5) is 0 Å². The maximum absolute atomic E-state index is 11.9. The van der Waals surface area contributed by atoms with E-state index in [1.54, 1.807) is 5.06 Å². The lowest BCUT2D eigenvalue weighted by Crippen LogP contribution is -2.32. The van der Waals surface area contributed by atoms with Crippen LogP contribution in [0.5, 0.6) is 0 Å². The molecule has 0 aliphatic heterocycles. The van der Waals surface area contributed by atoms with Gasteiger partial charge in [0.2, 0.25) is 0 Å². The quantitative estimate of drug-likeness (QED) is 0.116. The highest BCUT2D eigenvalue weighted by Crippen LogP contribution is 2.15. The summed E-state index contributed by atoms with van der Waals surface area (Å²) in [6.07, 6.45) is 27.5. The molecule has 31 heavy (non-hydrogen) atoms. The highest BCUT2D eigenvalue weighted by molar-refractivity contribution is 5.68. The van der Waals surface area contributed by atoms with Gasteiger partial charge in [-0.15, -0.1) is 5.06 Å². The number of carbonyl (C=O) groups excluding carboxylic acids is 1. The molecule has 0 saturated heterocycles. The lowest BCUT2D eigenvalue weighted by Gasteiger charge is -2.19. The van der Waals surface area contributed by atoms with Crippen LogP contribution in [0, 0.1) is 0 Å². The van der Waals surface area contributed by atoms with Crippen LogP contribution in [0.1, 0.15) is 149 Å². The van der Waals surface area contributed by atoms with Crippen molar-refractivity contribution in [1.82, 2.24) is 5.06 Å². The highest BCUT2D eigenvalue weighted by atomic mass is 16.7. The highest BCUT2D eigenvalue weighted by Gasteiger charge is 2.09. The van der Waals surface area contributed by atoms with Gasteiger partial charge in [-0.05, 0) is 12.8 Å². The molecule has 0 aromatic heterocycles. The molecule has 4 heteroatoms. The van der Waals surface area contributed by atoms with Gasteiger partial charge in [0, 0.05) is 26.1 Å². The summed E-state index contributed by atoms with van der Waals surface area (Å²) in [4.78, 5) is 17.3. The van der Waals surface area contributed by atoms with Crippen molar-refractivity contribution in [2.75, 3.05) is 19.6 Å². The zero-order valence-corrected chi connectivity index (χ0v) is 21.3. The Balaban J connectivity index is 3.23. The van der Waals surface area contributed by atoms with Gasteiger partial charge in [-0.1, -0.05) is 129 Å². The molecule has 0 radical (unpaired) electrons. The molecule has 0 rings (SSSR count). The average Bonchev–Trinajstić information content (AvgIpc) is 2.75. The third-order valence-corrected chi connectivity index (χ3v) is 6.07. The molecule has 0 fully saturated rings. The van der Waals surface area contributed by atoms with Crippen molar-refractivity contribution in [2.45, 2.75) is 149 Å². The third-order valence-electron chi connectivity index (χ3n) is 6.07. The Morgan fingerprint density at radius 3 is 1.32 bits per heavy atom. The molecule has 0 bridgehead atoms. The fourth-order valence-corrected chi connectivity index (χ4v) is 4.13. The fraction of sp³-hybridized carbons (Fsp3) is 0.963. The van der Waals surface area contributed by atoms with Gasteiger partial charge in [-0.25, -0.2) is 0 Å². The second kappa shape index (κ2) is 25.6. The smallest absolute Gasteiger partial charge is 0.325 e. The summed E-state index contributed by atoms with van der Waals surface area (Å²) in [5.74, 6) is -0.103. The van der Waals surface area contributed by atoms with Crippen LogP contribution in [0.3, 0.4) is 0 Å². The zero-order chi connectivity index (χ0) is 22.8. The number of nitrogens with zero attached hydrogens (tertiary/aromatic N) is 1. The number of hydrogen-bond donors (Lipinski definition) is 1. The van der Waals surface area contributed by atoms with Crippen molar-refractivity contribution in [1.29, 1.82) is 0 Å². The minimum atomic E-state index is -0.103. The van der Waals surface area contributed by atoms with Crippen molar-refractivity contribution in [2.24, 2.45) is 5.73 Å². The van der Waals surface area contributed by atoms with E-state index in [2.05, 4.69) is 13.8 Å². The van der Waals surface area contributed by atoms with Crippen LogP contribution in [0.2, 0.25) is 0 Å². The third kappa shape index (κ3) is 23.9. The van der Waals surface area contributed by atoms with Crippen LogP contribution in [0.25, 0.3) is 0 Å². The van der Waals surface area contributed by atoms with Crippen molar-refractivity contribution >= 4 is 5.97 Å². The minimum absolute atomic E-state index is 0.103. The van der Waals surface area contributed by atoms with Gasteiger partial charge in [-0.3, -0.25) is 4.79 Å². The number of unbranched alkanes of at least 4 members (excludes halogenated alkanes) is 18. The summed E-state index contributed by atoms with van der Waals surface area (Å²) in [7, 11) is 0. The summed E-state index contributed by atoms with van der Waals surface area (Å²) in [5, 5.41) is 1.71. The van der Waals surface area contributed by atoms with Gasteiger partial charge in [0.1, 0.15) is 0 Å². The van der Waals surface area contributed by atoms with Crippen LogP contribution >= 0.6 is 0 Å². The predicted molar refractivity (Wildman–Crippen MR) is 135 cm³/mol. The summed E-state index contributed by atoms with van der Waals surface area (Å²) < 4.78 is 0. The average molecular weight is 441 g/mol. The topological polar surface area (TPSA) is 55.6 Å². The Bertz CT molecular complexity index is 357. The normalized spacial score (nSPS) is 11.4. The van der Waals surface area contributed by atoms with E-state index in [0.29, 0.717) is 19.5 Å². The fourth-order valence-electron chi connectivity index (χ4n) is 4.13. The van der Waals surface area contributed by atoms with Gasteiger partial charge in [0.05, 0.1) is 0 Å². The Morgan fingerprint density at radius 1 is 0.581 bits per heavy atom. The Kier molecular flexibility index (Phi) is 25.1. The van der Waals surface area contributed by atoms with Gasteiger partial charge in [-0.2, -0.15) is 0 Å². The van der Waals surface area contributed by atoms with E-state index in [-0.39, 0.29) is 5.97 Å². The van der Waals surface area contributed by atoms with Gasteiger partial charge in [0.25, 0.3) is 0 Å². The molecule has 186 valence electrons. The maximum atomic E-state index is 11.9. The van der Waals surface area contributed by atoms with E-state index < -0.39 is 0 Å². The Labute approximate surface area is 195 Å². The van der Waals surface area contributed by atoms with Gasteiger partial charge >= 0.3 is 5.97 Å². The van der Waals surface area contributed by atoms with Crippen LogP contribution in [-0.4, -0.2) is 30.7 Å². The molecule has 0 aromatic rings. The predicted octanol–water partition coefficient (Wildman–Crippen LogP) is 7.94. The van der Waals surface area contributed by atoms with Crippen molar-refractivity contribution < 1.29 is 9.63 Å². The van der Waals surface area contributed by atoms with Crippen molar-refractivity contribution in [3.63, 3.8) is 0 Å². The van der Waals surface area contributed by atoms with Crippen molar-refractivity contribution in [3.8, 4) is 0 Å². The summed E-state index contributed by atoms with van der Waals surface area (Å²) in [6.45, 7) is 6.28. The zero-order valence-electron chi connectivity index (χ0n) is 21.3. The molecule has 0 aliphatic carbocycles. The van der Waals surface area contributed by atoms with Gasteiger partial charge in [0.15, 0.2) is 0 Å². The number of hydroxylamine groups is 2. The molecule has 0 spiro atoms. The van der Waals surface area contributed by atoms with E-state index in [4.69, 9.17) is 10.6 Å². The summed E-state index contributed by atoms with van der Waals surface area (Å²) in [6, 6.07) is 0. The molecule has 0 amide bonds. The number of rotatable bonds is 25. The number of carbonyl (C=O) groups is 1. The first-order valence-electron chi connectivity index (χ1n) is 13.9. The lowest BCUT2D eigenvalue weighted by molar-refractivity contribution is -0.190. The molecule has 2 N–H and O–H groups in total. The standard InChI is InChI=1S/C27H56N2O2/c1-3-5-6-7-8-9-10-11-12-13-14-15-16-17-18-19-20-21-22-23-27(30)31-29(25-4-2)26-24-28/h3-26,28H2,1-2H3. The lowest BCUT2D eigenvalue weighted by atomic mass is 10.0. The molecule has 4 nitrogen and oxygen atoms in total. The Hall–Kier alpha value is -0.610. The second-order valence-electron chi connectivity index (χ2n) is 9.29. The largest absolute Gasteiger partial charge is 0.368 e. The molecule has 0 unspecified atom stereocenters. The first-order valence-corrected chi connectivity index (χ1v) is 13.9. The molecule has 0 saturated carbocycles. The van der Waals surface area contributed by atoms with Crippen LogP contribution in [-0.2, 0) is 9.63 Å². The Morgan fingerprint density at radius 2 is 0.968 bits per heavy atom. The molecule has 0 aliphatic rings. The summed E-state index contributed by atoms with van der Waals surface area (Å²) >= 11 is 0. The van der Waals surface area contributed by atoms with Gasteiger partial charge < -0.3 is 10.6 Å². The second-order valence-corrected chi connectivity index (χ2v) is 9.29. The van der Waals surface area contributed by atoms with Crippen LogP contribution < -0.4 is 5.73 Å². The van der Waals surface area contributed by atoms with Crippen LogP contribution in [0.15, 0.2) is 0 Å². The monoisotopic (exact) mass is 440 g/mol. The minimum Gasteiger partial charge on any atom is -0.368 e. The van der Waals surface area contributed by atoms with E-state index in [0.717, 1.165) is 25.8 Å².